The van der Waals surface area contributed by atoms with Crippen molar-refractivity contribution in [2.24, 2.45) is 0 Å². The first-order chi connectivity index (χ1) is 7.56. The predicted octanol–water partition coefficient (Wildman–Crippen LogP) is 4.52. The van der Waals surface area contributed by atoms with Crippen molar-refractivity contribution >= 4 is 39.1 Å². The fourth-order valence-corrected chi connectivity index (χ4v) is 2.29. The average molecular weight is 318 g/mol. The number of hydrogen-bond donors (Lipinski definition) is 0. The van der Waals surface area contributed by atoms with Crippen molar-refractivity contribution in [2.45, 2.75) is 6.92 Å². The lowest BCUT2D eigenvalue weighted by molar-refractivity contribution is 1.17. The summed E-state index contributed by atoms with van der Waals surface area (Å²) in [5, 5.41) is 0.689. The number of nitrogens with zero attached hydrogens (tertiary/aromatic N) is 2. The molecule has 0 saturated heterocycles. The molecule has 82 valence electrons. The Morgan fingerprint density at radius 3 is 2.25 bits per heavy atom. The fraction of sp³-hybridized carbons (Fsp3) is 0.0909. The lowest BCUT2D eigenvalue weighted by Crippen LogP contribution is -1.92. The first kappa shape index (κ1) is 11.8. The molecular weight excluding hydrogens is 311 g/mol. The molecule has 0 radical (unpaired) electrons. The molecule has 1 aromatic carbocycles. The van der Waals surface area contributed by atoms with Crippen molar-refractivity contribution in [1.29, 1.82) is 0 Å². The summed E-state index contributed by atoms with van der Waals surface area (Å²) >= 11 is 15.1. The zero-order chi connectivity index (χ0) is 11.7. The summed E-state index contributed by atoms with van der Waals surface area (Å²) < 4.78 is 1.02. The van der Waals surface area contributed by atoms with Crippen LogP contribution in [-0.2, 0) is 0 Å². The van der Waals surface area contributed by atoms with Gasteiger partial charge in [0.05, 0.1) is 0 Å². The summed E-state index contributed by atoms with van der Waals surface area (Å²) in [7, 11) is 0. The third-order valence-corrected chi connectivity index (χ3v) is 2.97. The molecule has 1 heterocycles. The van der Waals surface area contributed by atoms with Gasteiger partial charge in [0.1, 0.15) is 10.3 Å². The van der Waals surface area contributed by atoms with Crippen molar-refractivity contribution < 1.29 is 0 Å². The molecular formula is C11H7BrCl2N2. The van der Waals surface area contributed by atoms with E-state index in [-0.39, 0.29) is 0 Å². The first-order valence-electron chi connectivity index (χ1n) is 4.53. The number of rotatable bonds is 1. The minimum atomic E-state index is 0.345. The molecule has 0 aliphatic carbocycles. The summed E-state index contributed by atoms with van der Waals surface area (Å²) in [6.45, 7) is 1.98. The van der Waals surface area contributed by atoms with Crippen LogP contribution in [0.5, 0.6) is 0 Å². The molecule has 0 amide bonds. The Hall–Kier alpha value is -0.640. The maximum Gasteiger partial charge on any atom is 0.162 e. The normalized spacial score (nSPS) is 10.5. The summed E-state index contributed by atoms with van der Waals surface area (Å²) in [6.07, 6.45) is 0. The van der Waals surface area contributed by atoms with Crippen LogP contribution in [0.1, 0.15) is 5.56 Å². The van der Waals surface area contributed by atoms with Gasteiger partial charge in [-0.3, -0.25) is 0 Å². The van der Waals surface area contributed by atoms with Crippen molar-refractivity contribution in [1.82, 2.24) is 9.97 Å². The van der Waals surface area contributed by atoms with E-state index < -0.39 is 0 Å². The summed E-state index contributed by atoms with van der Waals surface area (Å²) in [5.74, 6) is 0.544. The largest absolute Gasteiger partial charge is 0.216 e. The van der Waals surface area contributed by atoms with Gasteiger partial charge in [0.25, 0.3) is 0 Å². The lowest BCUT2D eigenvalue weighted by atomic mass is 10.1. The number of hydrogen-bond acceptors (Lipinski definition) is 2. The van der Waals surface area contributed by atoms with Gasteiger partial charge in [-0.1, -0.05) is 39.1 Å². The van der Waals surface area contributed by atoms with Crippen LogP contribution in [0, 0.1) is 6.92 Å². The van der Waals surface area contributed by atoms with Gasteiger partial charge in [-0.2, -0.15) is 0 Å². The quantitative estimate of drug-likeness (QED) is 0.723. The van der Waals surface area contributed by atoms with Crippen LogP contribution in [0.4, 0.5) is 0 Å². The second-order valence-corrected chi connectivity index (χ2v) is 4.99. The number of halogens is 3. The summed E-state index contributed by atoms with van der Waals surface area (Å²) in [5.41, 5.74) is 1.99. The summed E-state index contributed by atoms with van der Waals surface area (Å²) in [4.78, 5) is 8.30. The second-order valence-electron chi connectivity index (χ2n) is 3.30. The van der Waals surface area contributed by atoms with E-state index in [1.807, 2.05) is 25.1 Å². The van der Waals surface area contributed by atoms with Crippen LogP contribution in [0.15, 0.2) is 28.7 Å². The number of aromatic nitrogens is 2. The molecule has 16 heavy (non-hydrogen) atoms. The molecule has 0 atom stereocenters. The van der Waals surface area contributed by atoms with Crippen LogP contribution >= 0.6 is 39.1 Å². The molecule has 5 heteroatoms. The van der Waals surface area contributed by atoms with E-state index in [4.69, 9.17) is 23.2 Å². The molecule has 0 fully saturated rings. The molecule has 0 spiro atoms. The molecule has 2 rings (SSSR count). The Morgan fingerprint density at radius 1 is 1.06 bits per heavy atom. The van der Waals surface area contributed by atoms with Crippen molar-refractivity contribution in [3.05, 3.63) is 44.6 Å². The third-order valence-electron chi connectivity index (χ3n) is 2.09. The highest BCUT2D eigenvalue weighted by Gasteiger charge is 2.07. The number of aryl methyl sites for hydroxylation is 1. The van der Waals surface area contributed by atoms with Crippen molar-refractivity contribution in [3.8, 4) is 11.4 Å². The number of benzene rings is 1. The van der Waals surface area contributed by atoms with E-state index in [0.717, 1.165) is 15.6 Å². The average Bonchev–Trinajstić information content (AvgIpc) is 2.15. The van der Waals surface area contributed by atoms with Gasteiger partial charge >= 0.3 is 0 Å². The Bertz CT molecular complexity index is 523. The van der Waals surface area contributed by atoms with E-state index >= 15 is 0 Å². The smallest absolute Gasteiger partial charge is 0.162 e. The first-order valence-corrected chi connectivity index (χ1v) is 6.08. The van der Waals surface area contributed by atoms with Crippen LogP contribution in [0.25, 0.3) is 11.4 Å². The van der Waals surface area contributed by atoms with E-state index in [0.29, 0.717) is 16.1 Å². The lowest BCUT2D eigenvalue weighted by Gasteiger charge is -2.05. The Morgan fingerprint density at radius 2 is 1.69 bits per heavy atom. The van der Waals surface area contributed by atoms with Crippen LogP contribution in [-0.4, -0.2) is 9.97 Å². The van der Waals surface area contributed by atoms with Gasteiger partial charge in [-0.05, 0) is 30.7 Å². The van der Waals surface area contributed by atoms with Gasteiger partial charge < -0.3 is 0 Å². The molecule has 1 aromatic heterocycles. The van der Waals surface area contributed by atoms with Gasteiger partial charge in [0, 0.05) is 16.1 Å². The molecule has 2 nitrogen and oxygen atoms in total. The minimum absolute atomic E-state index is 0.345. The van der Waals surface area contributed by atoms with E-state index in [2.05, 4.69) is 25.9 Å². The molecule has 0 unspecified atom stereocenters. The topological polar surface area (TPSA) is 25.8 Å². The summed E-state index contributed by atoms with van der Waals surface area (Å²) in [6, 6.07) is 7.37. The van der Waals surface area contributed by atoms with Gasteiger partial charge in [0.2, 0.25) is 0 Å². The Balaban J connectivity index is 2.58. The highest BCUT2D eigenvalue weighted by Crippen LogP contribution is 2.25. The third kappa shape index (κ3) is 2.54. The predicted molar refractivity (Wildman–Crippen MR) is 69.9 cm³/mol. The minimum Gasteiger partial charge on any atom is -0.216 e. The zero-order valence-electron chi connectivity index (χ0n) is 8.34. The fourth-order valence-electron chi connectivity index (χ4n) is 1.39. The zero-order valence-corrected chi connectivity index (χ0v) is 11.4. The van der Waals surface area contributed by atoms with Crippen molar-refractivity contribution in [3.63, 3.8) is 0 Å². The van der Waals surface area contributed by atoms with E-state index in [1.165, 1.54) is 6.07 Å². The van der Waals surface area contributed by atoms with E-state index in [1.54, 1.807) is 0 Å². The molecule has 0 aliphatic rings. The molecule has 0 N–H and O–H groups in total. The molecule has 2 aromatic rings. The second kappa shape index (κ2) is 4.70. The van der Waals surface area contributed by atoms with Crippen LogP contribution in [0.3, 0.4) is 0 Å². The van der Waals surface area contributed by atoms with Crippen molar-refractivity contribution in [2.75, 3.05) is 0 Å². The van der Waals surface area contributed by atoms with Crippen LogP contribution in [0.2, 0.25) is 10.3 Å². The van der Waals surface area contributed by atoms with E-state index in [9.17, 15) is 0 Å². The van der Waals surface area contributed by atoms with Gasteiger partial charge in [0.15, 0.2) is 5.82 Å². The van der Waals surface area contributed by atoms with Gasteiger partial charge in [-0.15, -0.1) is 0 Å². The Kier molecular flexibility index (Phi) is 3.47. The molecule has 0 aliphatic heterocycles. The van der Waals surface area contributed by atoms with Crippen LogP contribution < -0.4 is 0 Å². The Labute approximate surface area is 112 Å². The highest BCUT2D eigenvalue weighted by atomic mass is 79.9. The van der Waals surface area contributed by atoms with Gasteiger partial charge in [-0.25, -0.2) is 9.97 Å². The maximum absolute atomic E-state index is 5.84. The molecule has 0 saturated carbocycles. The maximum atomic E-state index is 5.84. The highest BCUT2D eigenvalue weighted by molar-refractivity contribution is 9.10. The molecule has 0 bridgehead atoms. The monoisotopic (exact) mass is 316 g/mol. The standard InChI is InChI=1S/C11H7BrCl2N2/c1-6-4-7(12)2-3-8(6)11-15-9(13)5-10(14)16-11/h2-5H,1H3. The SMILES string of the molecule is Cc1cc(Br)ccc1-c1nc(Cl)cc(Cl)n1.